The van der Waals surface area contributed by atoms with E-state index in [0.29, 0.717) is 18.1 Å². The molecule has 0 spiro atoms. The largest absolute Gasteiger partial charge is 0.444 e. The second-order valence-electron chi connectivity index (χ2n) is 8.84. The molecular formula is C21H28FN3O5S2. The van der Waals surface area contributed by atoms with Crippen molar-refractivity contribution in [3.8, 4) is 0 Å². The summed E-state index contributed by atoms with van der Waals surface area (Å²) in [4.78, 5) is 30.2. The van der Waals surface area contributed by atoms with E-state index in [2.05, 4.69) is 10.3 Å². The number of amidine groups is 1. The summed E-state index contributed by atoms with van der Waals surface area (Å²) in [5.41, 5.74) is 0.283. The lowest BCUT2D eigenvalue weighted by molar-refractivity contribution is -0.117. The molecule has 11 heteroatoms. The molecule has 8 nitrogen and oxygen atoms in total. The molecule has 0 aliphatic carbocycles. The normalized spacial score (nSPS) is 23.2. The Hall–Kier alpha value is -2.14. The average Bonchev–Trinajstić information content (AvgIpc) is 3.11. The molecule has 2 atom stereocenters. The van der Waals surface area contributed by atoms with Gasteiger partial charge in [-0.2, -0.15) is 4.99 Å². The molecule has 0 bridgehead atoms. The Morgan fingerprint density at radius 1 is 1.25 bits per heavy atom. The van der Waals surface area contributed by atoms with Crippen LogP contribution in [0.4, 0.5) is 9.18 Å². The lowest BCUT2D eigenvalue weighted by Gasteiger charge is -2.24. The summed E-state index contributed by atoms with van der Waals surface area (Å²) >= 11 is 1.31. The van der Waals surface area contributed by atoms with E-state index in [1.807, 2.05) is 4.90 Å². The highest BCUT2D eigenvalue weighted by Gasteiger charge is 2.48. The number of hydrogen-bond acceptors (Lipinski definition) is 6. The van der Waals surface area contributed by atoms with Crippen LogP contribution in [-0.4, -0.2) is 72.0 Å². The van der Waals surface area contributed by atoms with Gasteiger partial charge in [0, 0.05) is 24.8 Å². The molecule has 0 radical (unpaired) electrons. The van der Waals surface area contributed by atoms with Crippen molar-refractivity contribution >= 4 is 38.8 Å². The molecule has 2 heterocycles. The van der Waals surface area contributed by atoms with Gasteiger partial charge in [-0.1, -0.05) is 23.9 Å². The number of hydrogen-bond donors (Lipinski definition) is 1. The molecule has 176 valence electrons. The molecule has 0 unspecified atom stereocenters. The highest BCUT2D eigenvalue weighted by atomic mass is 32.2. The number of fused-ring (bicyclic) bond motifs is 1. The van der Waals surface area contributed by atoms with E-state index in [4.69, 9.17) is 4.74 Å². The topological polar surface area (TPSA) is 105 Å². The Morgan fingerprint density at radius 2 is 1.94 bits per heavy atom. The molecule has 1 aromatic carbocycles. The van der Waals surface area contributed by atoms with Gasteiger partial charge in [0.05, 0.1) is 17.5 Å². The third-order valence-corrected chi connectivity index (χ3v) is 8.20. The quantitative estimate of drug-likeness (QED) is 0.660. The summed E-state index contributed by atoms with van der Waals surface area (Å²) in [5, 5.41) is 2.86. The van der Waals surface area contributed by atoms with Crippen molar-refractivity contribution < 1.29 is 27.1 Å². The van der Waals surface area contributed by atoms with Gasteiger partial charge in [0.2, 0.25) is 5.91 Å². The van der Waals surface area contributed by atoms with Crippen LogP contribution < -0.4 is 5.32 Å². The summed E-state index contributed by atoms with van der Waals surface area (Å²) < 4.78 is 42.5. The number of carbonyl (C=O) groups excluding carboxylic acids is 2. The minimum Gasteiger partial charge on any atom is -0.444 e. The fourth-order valence-corrected chi connectivity index (χ4v) is 7.54. The number of thioether (sulfide) groups is 1. The van der Waals surface area contributed by atoms with Gasteiger partial charge in [-0.25, -0.2) is 17.6 Å². The van der Waals surface area contributed by atoms with E-state index in [1.165, 1.54) is 23.9 Å². The zero-order valence-electron chi connectivity index (χ0n) is 18.3. The molecule has 1 aromatic rings. The van der Waals surface area contributed by atoms with E-state index in [1.54, 1.807) is 32.9 Å². The van der Waals surface area contributed by atoms with Gasteiger partial charge in [0.25, 0.3) is 0 Å². The molecule has 32 heavy (non-hydrogen) atoms. The van der Waals surface area contributed by atoms with E-state index in [-0.39, 0.29) is 41.6 Å². The molecule has 2 aliphatic rings. The molecule has 0 aromatic heterocycles. The average molecular weight is 486 g/mol. The van der Waals surface area contributed by atoms with Gasteiger partial charge in [-0.05, 0) is 44.9 Å². The Morgan fingerprint density at radius 3 is 2.59 bits per heavy atom. The first-order valence-corrected chi connectivity index (χ1v) is 13.1. The summed E-state index contributed by atoms with van der Waals surface area (Å²) in [5.74, 6) is -0.636. The molecule has 3 rings (SSSR count). The van der Waals surface area contributed by atoms with Crippen molar-refractivity contribution in [2.45, 2.75) is 50.5 Å². The predicted octanol–water partition coefficient (Wildman–Crippen LogP) is 2.38. The summed E-state index contributed by atoms with van der Waals surface area (Å²) in [6, 6.07) is 5.90. The minimum atomic E-state index is -3.13. The SMILES string of the molecule is CC(C)(C)OC(=O)NCCC(=O)N=C1S[C@H]2CS(=O)(=O)C[C@@H]2N1CCc1ccc(F)cc1. The smallest absolute Gasteiger partial charge is 0.407 e. The number of halogens is 1. The maximum absolute atomic E-state index is 13.2. The number of carbonyl (C=O) groups is 2. The molecule has 2 saturated heterocycles. The maximum atomic E-state index is 13.2. The summed E-state index contributed by atoms with van der Waals surface area (Å²) in [7, 11) is -3.13. The molecule has 2 fully saturated rings. The molecule has 0 saturated carbocycles. The van der Waals surface area contributed by atoms with Crippen LogP contribution in [0.25, 0.3) is 0 Å². The van der Waals surface area contributed by atoms with E-state index in [9.17, 15) is 22.4 Å². The highest BCUT2D eigenvalue weighted by molar-refractivity contribution is 8.15. The molecule has 2 aliphatic heterocycles. The third kappa shape index (κ3) is 6.93. The number of ether oxygens (including phenoxy) is 1. The van der Waals surface area contributed by atoms with Crippen LogP contribution in [0.15, 0.2) is 29.3 Å². The first-order valence-electron chi connectivity index (χ1n) is 10.4. The van der Waals surface area contributed by atoms with Crippen LogP contribution in [0.1, 0.15) is 32.8 Å². The van der Waals surface area contributed by atoms with Gasteiger partial charge in [-0.15, -0.1) is 0 Å². The van der Waals surface area contributed by atoms with Gasteiger partial charge >= 0.3 is 6.09 Å². The van der Waals surface area contributed by atoms with Crippen LogP contribution in [0, 0.1) is 5.82 Å². The lowest BCUT2D eigenvalue weighted by atomic mass is 10.1. The van der Waals surface area contributed by atoms with Crippen LogP contribution >= 0.6 is 11.8 Å². The van der Waals surface area contributed by atoms with Crippen molar-refractivity contribution in [2.24, 2.45) is 4.99 Å². The number of rotatable bonds is 6. The number of nitrogens with one attached hydrogen (secondary N) is 1. The van der Waals surface area contributed by atoms with Gasteiger partial charge < -0.3 is 15.0 Å². The maximum Gasteiger partial charge on any atom is 0.407 e. The monoisotopic (exact) mass is 485 g/mol. The van der Waals surface area contributed by atoms with Gasteiger partial charge in [0.1, 0.15) is 11.4 Å². The second-order valence-corrected chi connectivity index (χ2v) is 12.2. The zero-order chi connectivity index (χ0) is 23.5. The Bertz CT molecular complexity index is 990. The van der Waals surface area contributed by atoms with Gasteiger partial charge in [0.15, 0.2) is 15.0 Å². The minimum absolute atomic E-state index is 0.00272. The van der Waals surface area contributed by atoms with Crippen molar-refractivity contribution in [3.63, 3.8) is 0 Å². The van der Waals surface area contributed by atoms with Crippen molar-refractivity contribution in [1.29, 1.82) is 0 Å². The van der Waals surface area contributed by atoms with E-state index < -0.39 is 27.4 Å². The number of amides is 2. The zero-order valence-corrected chi connectivity index (χ0v) is 20.0. The predicted molar refractivity (Wildman–Crippen MR) is 122 cm³/mol. The first kappa shape index (κ1) is 24.5. The molecular weight excluding hydrogens is 457 g/mol. The Labute approximate surface area is 191 Å². The van der Waals surface area contributed by atoms with Crippen molar-refractivity contribution in [2.75, 3.05) is 24.6 Å². The van der Waals surface area contributed by atoms with E-state index in [0.717, 1.165) is 5.56 Å². The van der Waals surface area contributed by atoms with Crippen LogP contribution in [-0.2, 0) is 25.8 Å². The Balaban J connectivity index is 1.62. The number of nitrogens with zero attached hydrogens (tertiary/aromatic N) is 2. The number of sulfone groups is 1. The highest BCUT2D eigenvalue weighted by Crippen LogP contribution is 2.38. The van der Waals surface area contributed by atoms with E-state index >= 15 is 0 Å². The summed E-state index contributed by atoms with van der Waals surface area (Å²) in [6.07, 6.45) is -0.0332. The van der Waals surface area contributed by atoms with Crippen LogP contribution in [0.3, 0.4) is 0 Å². The van der Waals surface area contributed by atoms with Crippen molar-refractivity contribution in [3.05, 3.63) is 35.6 Å². The standard InChI is InChI=1S/C21H28FN3O5S2/c1-21(2,3)30-20(27)23-10-8-18(26)24-19-25(11-9-14-4-6-15(22)7-5-14)16-12-32(28,29)13-17(16)31-19/h4-7,16-17H,8-13H2,1-3H3,(H,23,27)/t16-,17-/m0/s1. The lowest BCUT2D eigenvalue weighted by Crippen LogP contribution is -2.39. The number of alkyl carbamates (subject to hydrolysis) is 1. The molecule has 1 N–H and O–H groups in total. The number of aliphatic imine (C=N–C) groups is 1. The first-order chi connectivity index (χ1) is 14.9. The third-order valence-electron chi connectivity index (χ3n) is 4.96. The van der Waals surface area contributed by atoms with Crippen molar-refractivity contribution in [1.82, 2.24) is 10.2 Å². The Kier molecular flexibility index (Phi) is 7.49. The van der Waals surface area contributed by atoms with Gasteiger partial charge in [-0.3, -0.25) is 4.79 Å². The second kappa shape index (κ2) is 9.78. The fraction of sp³-hybridized carbons (Fsp3) is 0.571. The number of benzene rings is 1. The molecule has 2 amide bonds. The summed E-state index contributed by atoms with van der Waals surface area (Å²) in [6.45, 7) is 5.81. The van der Waals surface area contributed by atoms with Crippen LogP contribution in [0.5, 0.6) is 0 Å². The van der Waals surface area contributed by atoms with Crippen LogP contribution in [0.2, 0.25) is 0 Å². The fourth-order valence-electron chi connectivity index (χ4n) is 3.55.